The van der Waals surface area contributed by atoms with Gasteiger partial charge >= 0.3 is 0 Å². The number of oxazole rings is 1. The van der Waals surface area contributed by atoms with Crippen LogP contribution in [0.4, 0.5) is 0 Å². The van der Waals surface area contributed by atoms with Crippen molar-refractivity contribution in [3.63, 3.8) is 0 Å². The second-order valence-electron chi connectivity index (χ2n) is 1.53. The molecule has 0 aliphatic carbocycles. The quantitative estimate of drug-likeness (QED) is 0.413. The van der Waals surface area contributed by atoms with Crippen molar-refractivity contribution in [2.45, 2.75) is 0 Å². The van der Waals surface area contributed by atoms with Gasteiger partial charge in [0.05, 0.1) is 6.20 Å². The standard InChI is InChI=1S/C5H6N3O/c1-3-8-2-4(9-3)5(6)7/h2H,1H2,(H3,6,7). The van der Waals surface area contributed by atoms with Gasteiger partial charge in [0.1, 0.15) is 0 Å². The Morgan fingerprint density at radius 2 is 2.56 bits per heavy atom. The highest BCUT2D eigenvalue weighted by Crippen LogP contribution is 1.98. The molecule has 0 aliphatic heterocycles. The SMILES string of the molecule is [CH2]c1ncc(C(=N)N)o1. The van der Waals surface area contributed by atoms with E-state index in [1.165, 1.54) is 6.20 Å². The summed E-state index contributed by atoms with van der Waals surface area (Å²) in [6.45, 7) is 3.39. The fourth-order valence-corrected chi connectivity index (χ4v) is 0.435. The molecule has 0 bridgehead atoms. The lowest BCUT2D eigenvalue weighted by Gasteiger charge is -1.84. The number of nitrogens with one attached hydrogen (secondary N) is 1. The molecule has 1 heterocycles. The summed E-state index contributed by atoms with van der Waals surface area (Å²) >= 11 is 0. The van der Waals surface area contributed by atoms with E-state index in [4.69, 9.17) is 15.6 Å². The summed E-state index contributed by atoms with van der Waals surface area (Å²) in [6.07, 6.45) is 1.37. The summed E-state index contributed by atoms with van der Waals surface area (Å²) in [6, 6.07) is 0. The van der Waals surface area contributed by atoms with E-state index in [0.717, 1.165) is 0 Å². The van der Waals surface area contributed by atoms with Gasteiger partial charge in [0, 0.05) is 6.92 Å². The van der Waals surface area contributed by atoms with E-state index in [0.29, 0.717) is 0 Å². The monoisotopic (exact) mass is 124 g/mol. The van der Waals surface area contributed by atoms with Crippen molar-refractivity contribution >= 4 is 5.84 Å². The minimum absolute atomic E-state index is 0.127. The molecular weight excluding hydrogens is 118 g/mol. The van der Waals surface area contributed by atoms with Gasteiger partial charge in [-0.1, -0.05) is 0 Å². The first-order valence-electron chi connectivity index (χ1n) is 2.32. The van der Waals surface area contributed by atoms with Crippen LogP contribution >= 0.6 is 0 Å². The molecular formula is C5H6N3O. The Morgan fingerprint density at radius 1 is 1.89 bits per heavy atom. The summed E-state index contributed by atoms with van der Waals surface area (Å²) in [5.41, 5.74) is 5.05. The molecule has 0 saturated heterocycles. The van der Waals surface area contributed by atoms with Crippen LogP contribution in [0.3, 0.4) is 0 Å². The van der Waals surface area contributed by atoms with Gasteiger partial charge in [-0.15, -0.1) is 0 Å². The summed E-state index contributed by atoms with van der Waals surface area (Å²) in [7, 11) is 0. The number of rotatable bonds is 1. The second kappa shape index (κ2) is 1.89. The summed E-state index contributed by atoms with van der Waals surface area (Å²) in [5, 5.41) is 6.86. The van der Waals surface area contributed by atoms with Crippen molar-refractivity contribution in [3.05, 3.63) is 24.8 Å². The molecule has 0 aromatic carbocycles. The number of nitrogen functional groups attached to an aromatic ring is 1. The molecule has 9 heavy (non-hydrogen) atoms. The topological polar surface area (TPSA) is 75.9 Å². The predicted octanol–water partition coefficient (Wildman–Crippen LogP) is 0.141. The maximum Gasteiger partial charge on any atom is 0.195 e. The molecule has 0 unspecified atom stereocenters. The van der Waals surface area contributed by atoms with Gasteiger partial charge in [0.2, 0.25) is 0 Å². The first kappa shape index (κ1) is 5.81. The van der Waals surface area contributed by atoms with Crippen molar-refractivity contribution in [3.8, 4) is 0 Å². The lowest BCUT2D eigenvalue weighted by molar-refractivity contribution is 0.528. The lowest BCUT2D eigenvalue weighted by atomic mass is 10.5. The molecule has 0 saturated carbocycles. The second-order valence-corrected chi connectivity index (χ2v) is 1.53. The van der Waals surface area contributed by atoms with E-state index in [1.807, 2.05) is 0 Å². The van der Waals surface area contributed by atoms with Gasteiger partial charge in [0.15, 0.2) is 17.5 Å². The molecule has 1 rings (SSSR count). The van der Waals surface area contributed by atoms with E-state index in [2.05, 4.69) is 11.9 Å². The Bertz CT molecular complexity index is 228. The molecule has 0 atom stereocenters. The average Bonchev–Trinajstić information content (AvgIpc) is 2.14. The zero-order chi connectivity index (χ0) is 6.85. The number of nitrogens with zero attached hydrogens (tertiary/aromatic N) is 1. The first-order valence-corrected chi connectivity index (χ1v) is 2.32. The lowest BCUT2D eigenvalue weighted by Crippen LogP contribution is -2.09. The molecule has 1 aromatic heterocycles. The average molecular weight is 124 g/mol. The van der Waals surface area contributed by atoms with Crippen molar-refractivity contribution in [2.75, 3.05) is 0 Å². The third-order valence-electron chi connectivity index (χ3n) is 0.819. The molecule has 0 fully saturated rings. The summed E-state index contributed by atoms with van der Waals surface area (Å²) < 4.78 is 4.77. The molecule has 1 aromatic rings. The van der Waals surface area contributed by atoms with Gasteiger partial charge < -0.3 is 10.2 Å². The Balaban J connectivity index is 2.98. The first-order chi connectivity index (χ1) is 4.20. The van der Waals surface area contributed by atoms with Gasteiger partial charge in [-0.25, -0.2) is 4.98 Å². The van der Waals surface area contributed by atoms with E-state index >= 15 is 0 Å². The minimum Gasteiger partial charge on any atom is -0.437 e. The van der Waals surface area contributed by atoms with Crippen LogP contribution in [0.25, 0.3) is 0 Å². The highest BCUT2D eigenvalue weighted by Gasteiger charge is 2.00. The van der Waals surface area contributed by atoms with Crippen LogP contribution in [0.1, 0.15) is 11.7 Å². The van der Waals surface area contributed by atoms with Crippen LogP contribution in [0.5, 0.6) is 0 Å². The van der Waals surface area contributed by atoms with Gasteiger partial charge in [-0.3, -0.25) is 5.41 Å². The summed E-state index contributed by atoms with van der Waals surface area (Å²) in [5.74, 6) is 0.414. The zero-order valence-electron chi connectivity index (χ0n) is 4.72. The van der Waals surface area contributed by atoms with Crippen LogP contribution in [0.2, 0.25) is 0 Å². The third-order valence-corrected chi connectivity index (χ3v) is 0.819. The normalized spacial score (nSPS) is 9.44. The van der Waals surface area contributed by atoms with Crippen LogP contribution in [-0.4, -0.2) is 10.8 Å². The van der Waals surface area contributed by atoms with Crippen LogP contribution in [0.15, 0.2) is 10.6 Å². The van der Waals surface area contributed by atoms with Crippen LogP contribution in [-0.2, 0) is 0 Å². The fourth-order valence-electron chi connectivity index (χ4n) is 0.435. The Labute approximate surface area is 52.2 Å². The van der Waals surface area contributed by atoms with Gasteiger partial charge in [0.25, 0.3) is 0 Å². The van der Waals surface area contributed by atoms with Crippen LogP contribution in [0, 0.1) is 12.3 Å². The Morgan fingerprint density at radius 3 is 2.78 bits per heavy atom. The number of hydrogen-bond acceptors (Lipinski definition) is 3. The Kier molecular flexibility index (Phi) is 1.22. The maximum absolute atomic E-state index is 6.86. The van der Waals surface area contributed by atoms with Crippen molar-refractivity contribution < 1.29 is 4.42 Å². The molecule has 3 N–H and O–H groups in total. The van der Waals surface area contributed by atoms with E-state index < -0.39 is 0 Å². The molecule has 0 amide bonds. The van der Waals surface area contributed by atoms with Crippen molar-refractivity contribution in [2.24, 2.45) is 5.73 Å². The van der Waals surface area contributed by atoms with Crippen molar-refractivity contribution in [1.29, 1.82) is 5.41 Å². The number of amidine groups is 1. The zero-order valence-corrected chi connectivity index (χ0v) is 4.72. The minimum atomic E-state index is -0.127. The fraction of sp³-hybridized carbons (Fsp3) is 0. The molecule has 4 heteroatoms. The highest BCUT2D eigenvalue weighted by atomic mass is 16.4. The molecule has 47 valence electrons. The smallest absolute Gasteiger partial charge is 0.195 e. The van der Waals surface area contributed by atoms with Gasteiger partial charge in [-0.05, 0) is 0 Å². The molecule has 1 radical (unpaired) electrons. The maximum atomic E-state index is 6.86. The molecule has 0 aliphatic rings. The van der Waals surface area contributed by atoms with E-state index in [-0.39, 0.29) is 17.5 Å². The predicted molar refractivity (Wildman–Crippen MR) is 32.0 cm³/mol. The third kappa shape index (κ3) is 1.07. The molecule has 0 spiro atoms. The summed E-state index contributed by atoms with van der Waals surface area (Å²) in [4.78, 5) is 3.64. The van der Waals surface area contributed by atoms with Crippen LogP contribution < -0.4 is 5.73 Å². The largest absolute Gasteiger partial charge is 0.437 e. The molecule has 4 nitrogen and oxygen atoms in total. The number of hydrogen-bond donors (Lipinski definition) is 2. The van der Waals surface area contributed by atoms with E-state index in [9.17, 15) is 0 Å². The van der Waals surface area contributed by atoms with Crippen molar-refractivity contribution in [1.82, 2.24) is 4.98 Å². The van der Waals surface area contributed by atoms with E-state index in [1.54, 1.807) is 0 Å². The van der Waals surface area contributed by atoms with Gasteiger partial charge in [-0.2, -0.15) is 0 Å². The number of nitrogens with two attached hydrogens (primary N) is 1. The number of aromatic nitrogens is 1. The Hall–Kier alpha value is -1.32. The highest BCUT2D eigenvalue weighted by molar-refractivity contribution is 5.91.